The number of carboxylic acid groups (broad SMARTS) is 1. The number of anilines is 1. The molecule has 0 radical (unpaired) electrons. The first-order valence-corrected chi connectivity index (χ1v) is 15.1. The van der Waals surface area contributed by atoms with E-state index in [0.717, 1.165) is 12.1 Å². The lowest BCUT2D eigenvalue weighted by Gasteiger charge is -2.33. The second kappa shape index (κ2) is 13.5. The Morgan fingerprint density at radius 2 is 1.84 bits per heavy atom. The summed E-state index contributed by atoms with van der Waals surface area (Å²) in [6, 6.07) is 12.0. The molecule has 1 fully saturated rings. The number of hydrogen-bond donors (Lipinski definition) is 2. The van der Waals surface area contributed by atoms with Crippen molar-refractivity contribution in [2.45, 2.75) is 55.0 Å². The molecular weight excluding hydrogens is 609 g/mol. The fourth-order valence-corrected chi connectivity index (χ4v) is 6.73. The van der Waals surface area contributed by atoms with Crippen LogP contribution >= 0.6 is 11.8 Å². The van der Waals surface area contributed by atoms with E-state index in [4.69, 9.17) is 20.8 Å². The Labute approximate surface area is 261 Å². The highest BCUT2D eigenvalue weighted by Crippen LogP contribution is 2.36. The van der Waals surface area contributed by atoms with Gasteiger partial charge in [0.25, 0.3) is 5.91 Å². The second-order valence-corrected chi connectivity index (χ2v) is 12.2. The molecule has 2 heterocycles. The fraction of sp³-hybridized carbons (Fsp3) is 0.312. The number of thioether (sulfide) groups is 1. The van der Waals surface area contributed by atoms with Crippen LogP contribution in [-0.4, -0.2) is 52.2 Å². The minimum atomic E-state index is -1.13. The number of benzene rings is 3. The smallest absolute Gasteiger partial charge is 0.303 e. The number of nitrogens with two attached hydrogens (primary N) is 1. The molecule has 0 spiro atoms. The van der Waals surface area contributed by atoms with Crippen molar-refractivity contribution in [1.29, 1.82) is 5.26 Å². The fourth-order valence-electron chi connectivity index (χ4n) is 5.58. The van der Waals surface area contributed by atoms with Gasteiger partial charge >= 0.3 is 5.97 Å². The number of piperidine rings is 1. The molecular formula is C32H29F3N4O5S. The van der Waals surface area contributed by atoms with Crippen molar-refractivity contribution in [2.75, 3.05) is 18.0 Å². The van der Waals surface area contributed by atoms with E-state index in [1.807, 2.05) is 11.0 Å². The molecule has 5 rings (SSSR count). The van der Waals surface area contributed by atoms with Crippen molar-refractivity contribution >= 4 is 35.2 Å². The van der Waals surface area contributed by atoms with Gasteiger partial charge in [-0.3, -0.25) is 14.4 Å². The average Bonchev–Trinajstić information content (AvgIpc) is 3.34. The second-order valence-electron chi connectivity index (χ2n) is 10.8. The van der Waals surface area contributed by atoms with E-state index in [0.29, 0.717) is 37.2 Å². The van der Waals surface area contributed by atoms with Crippen molar-refractivity contribution in [3.63, 3.8) is 0 Å². The maximum atomic E-state index is 15.1. The number of hydrogen-bond acceptors (Lipinski definition) is 7. The molecule has 0 saturated carbocycles. The van der Waals surface area contributed by atoms with Crippen molar-refractivity contribution in [1.82, 2.24) is 4.90 Å². The predicted molar refractivity (Wildman–Crippen MR) is 159 cm³/mol. The Hall–Kier alpha value is -4.70. The molecule has 0 bridgehead atoms. The van der Waals surface area contributed by atoms with Crippen LogP contribution in [0, 0.1) is 28.8 Å². The molecule has 13 heteroatoms. The van der Waals surface area contributed by atoms with Crippen LogP contribution in [0.4, 0.5) is 18.9 Å². The molecule has 3 aromatic rings. The summed E-state index contributed by atoms with van der Waals surface area (Å²) < 4.78 is 50.5. The monoisotopic (exact) mass is 638 g/mol. The molecule has 2 aliphatic heterocycles. The maximum Gasteiger partial charge on any atom is 0.303 e. The zero-order valence-electron chi connectivity index (χ0n) is 24.0. The molecule has 9 nitrogen and oxygen atoms in total. The molecule has 45 heavy (non-hydrogen) atoms. The molecule has 0 aromatic heterocycles. The summed E-state index contributed by atoms with van der Waals surface area (Å²) in [4.78, 5) is 39.3. The lowest BCUT2D eigenvalue weighted by atomic mass is 10.1. The number of ether oxygens (including phenoxy) is 1. The van der Waals surface area contributed by atoms with Gasteiger partial charge in [0.05, 0.1) is 23.9 Å². The van der Waals surface area contributed by atoms with Gasteiger partial charge in [-0.2, -0.15) is 5.26 Å². The van der Waals surface area contributed by atoms with Gasteiger partial charge in [-0.1, -0.05) is 6.07 Å². The summed E-state index contributed by atoms with van der Waals surface area (Å²) in [5, 5.41) is 18.0. The molecule has 1 atom stereocenters. The third-order valence-electron chi connectivity index (χ3n) is 7.93. The van der Waals surface area contributed by atoms with Crippen molar-refractivity contribution < 1.29 is 37.4 Å². The Balaban J connectivity index is 1.21. The summed E-state index contributed by atoms with van der Waals surface area (Å²) in [7, 11) is 0. The quantitative estimate of drug-likeness (QED) is 0.300. The number of fused-ring (bicyclic) bond motifs is 1. The van der Waals surface area contributed by atoms with E-state index in [9.17, 15) is 18.8 Å². The third kappa shape index (κ3) is 7.01. The van der Waals surface area contributed by atoms with E-state index in [1.54, 1.807) is 24.3 Å². The lowest BCUT2D eigenvalue weighted by molar-refractivity contribution is -0.137. The average molecular weight is 639 g/mol. The normalized spacial score (nSPS) is 15.5. The summed E-state index contributed by atoms with van der Waals surface area (Å²) in [6.07, 6.45) is 0.744. The van der Waals surface area contributed by atoms with Gasteiger partial charge in [-0.15, -0.1) is 11.8 Å². The van der Waals surface area contributed by atoms with Crippen LogP contribution in [0.1, 0.15) is 52.7 Å². The van der Waals surface area contributed by atoms with Crippen LogP contribution in [0.5, 0.6) is 5.75 Å². The zero-order chi connectivity index (χ0) is 32.2. The van der Waals surface area contributed by atoms with Gasteiger partial charge in [-0.25, -0.2) is 13.2 Å². The summed E-state index contributed by atoms with van der Waals surface area (Å²) in [6.45, 7) is 0.668. The summed E-state index contributed by atoms with van der Waals surface area (Å²) in [5.74, 6) is -3.96. The number of primary amides is 1. The lowest BCUT2D eigenvalue weighted by Crippen LogP contribution is -2.45. The van der Waals surface area contributed by atoms with Crippen LogP contribution in [0.3, 0.4) is 0 Å². The van der Waals surface area contributed by atoms with E-state index in [1.165, 1.54) is 28.8 Å². The van der Waals surface area contributed by atoms with Crippen LogP contribution in [-0.2, 0) is 22.7 Å². The van der Waals surface area contributed by atoms with Crippen LogP contribution in [0.15, 0.2) is 53.4 Å². The first-order valence-electron chi connectivity index (χ1n) is 14.2. The highest BCUT2D eigenvalue weighted by atomic mass is 32.2. The Bertz CT molecular complexity index is 1690. The van der Waals surface area contributed by atoms with Gasteiger partial charge in [0.1, 0.15) is 35.8 Å². The van der Waals surface area contributed by atoms with Crippen LogP contribution in [0.25, 0.3) is 0 Å². The minimum absolute atomic E-state index is 0.00851. The standard InChI is InChI=1S/C32H29F3N4O5S/c33-23-14-29(45-20-8-10-38(11-9-20)26-5-4-18(15-36)12-24(26)34)25(35)13-19(23)17-44-28-3-1-2-21-22(28)16-39(32(21)43)27(31(37)42)6-7-30(40)41/h1-5,12-14,20,27H,6-11,16-17H2,(H2,37,42)(H,40,41)/t27-/m0/s1. The highest BCUT2D eigenvalue weighted by Gasteiger charge is 2.37. The SMILES string of the molecule is N#Cc1ccc(N2CCC(Sc3cc(F)c(COc4cccc5c4CN([C@@H](CCC(=O)O)C(N)=O)C5=O)cc3F)CC2)c(F)c1. The number of carbonyl (C=O) groups excluding carboxylic acids is 2. The molecule has 0 unspecified atom stereocenters. The molecule has 234 valence electrons. The Morgan fingerprint density at radius 3 is 2.51 bits per heavy atom. The number of amides is 2. The van der Waals surface area contributed by atoms with Crippen molar-refractivity contribution in [2.24, 2.45) is 5.73 Å². The number of carbonyl (C=O) groups is 3. The molecule has 3 N–H and O–H groups in total. The zero-order valence-corrected chi connectivity index (χ0v) is 24.8. The molecule has 0 aliphatic carbocycles. The van der Waals surface area contributed by atoms with Gasteiger partial charge in [-0.05, 0) is 61.7 Å². The molecule has 2 aliphatic rings. The van der Waals surface area contributed by atoms with Crippen LogP contribution in [0.2, 0.25) is 0 Å². The topological polar surface area (TPSA) is 137 Å². The number of rotatable bonds is 11. The summed E-state index contributed by atoms with van der Waals surface area (Å²) in [5.41, 5.74) is 6.76. The van der Waals surface area contributed by atoms with E-state index in [2.05, 4.69) is 0 Å². The van der Waals surface area contributed by atoms with Crippen molar-refractivity contribution in [3.8, 4) is 11.8 Å². The van der Waals surface area contributed by atoms with Gasteiger partial charge in [0.15, 0.2) is 0 Å². The highest BCUT2D eigenvalue weighted by molar-refractivity contribution is 8.00. The van der Waals surface area contributed by atoms with E-state index >= 15 is 8.78 Å². The van der Waals surface area contributed by atoms with E-state index in [-0.39, 0.29) is 58.6 Å². The largest absolute Gasteiger partial charge is 0.488 e. The molecule has 3 aromatic carbocycles. The minimum Gasteiger partial charge on any atom is -0.488 e. The molecule has 2 amide bonds. The van der Waals surface area contributed by atoms with Crippen molar-refractivity contribution in [3.05, 3.63) is 88.2 Å². The number of halogens is 3. The number of nitriles is 1. The third-order valence-corrected chi connectivity index (χ3v) is 9.30. The van der Waals surface area contributed by atoms with Crippen LogP contribution < -0.4 is 15.4 Å². The first-order chi connectivity index (χ1) is 21.5. The Kier molecular flexibility index (Phi) is 9.53. The number of carboxylic acids is 1. The Morgan fingerprint density at radius 1 is 1.09 bits per heavy atom. The molecule has 1 saturated heterocycles. The number of aliphatic carboxylic acids is 1. The first kappa shape index (κ1) is 31.7. The van der Waals surface area contributed by atoms with Gasteiger partial charge < -0.3 is 25.4 Å². The van der Waals surface area contributed by atoms with Gasteiger partial charge in [0, 0.05) is 46.3 Å². The summed E-state index contributed by atoms with van der Waals surface area (Å²) >= 11 is 1.23. The predicted octanol–water partition coefficient (Wildman–Crippen LogP) is 4.99. The van der Waals surface area contributed by atoms with Gasteiger partial charge in [0.2, 0.25) is 5.91 Å². The number of nitrogens with zero attached hydrogens (tertiary/aromatic N) is 3. The maximum absolute atomic E-state index is 15.1. The van der Waals surface area contributed by atoms with E-state index < -0.39 is 41.3 Å².